The monoisotopic (exact) mass is 932 g/mol. The van der Waals surface area contributed by atoms with E-state index in [-0.39, 0.29) is 7.25 Å². The van der Waals surface area contributed by atoms with E-state index in [0.29, 0.717) is 0 Å². The van der Waals surface area contributed by atoms with E-state index in [0.717, 1.165) is 34.2 Å². The van der Waals surface area contributed by atoms with E-state index < -0.39 is 36.6 Å². The summed E-state index contributed by atoms with van der Waals surface area (Å²) in [6.45, 7) is 27.7. The van der Waals surface area contributed by atoms with Crippen molar-refractivity contribution in [3.8, 4) is 22.3 Å². The molecular formula is C50H56Cl2O2Si3Zr. The van der Waals surface area contributed by atoms with Crippen LogP contribution in [0.2, 0.25) is 52.4 Å². The van der Waals surface area contributed by atoms with Crippen LogP contribution >= 0.6 is 17.0 Å². The van der Waals surface area contributed by atoms with Gasteiger partial charge in [-0.05, 0) is 0 Å². The summed E-state index contributed by atoms with van der Waals surface area (Å²) >= 11 is -5.38. The summed E-state index contributed by atoms with van der Waals surface area (Å²) in [6.07, 6.45) is 4.76. The first-order chi connectivity index (χ1) is 27.2. The van der Waals surface area contributed by atoms with Crippen LogP contribution in [0.25, 0.3) is 45.6 Å². The molecule has 8 rings (SSSR count). The molecule has 0 amide bonds. The number of halogens is 2. The first-order valence-electron chi connectivity index (χ1n) is 20.6. The molecule has 2 nitrogen and oxygen atoms in total. The topological polar surface area (TPSA) is 26.3 Å². The fourth-order valence-electron chi connectivity index (χ4n) is 9.65. The van der Waals surface area contributed by atoms with Gasteiger partial charge in [0, 0.05) is 0 Å². The number of hydrogen-bond donors (Lipinski definition) is 0. The van der Waals surface area contributed by atoms with Crippen LogP contribution in [0.5, 0.6) is 0 Å². The zero-order valence-electron chi connectivity index (χ0n) is 36.1. The second-order valence-electron chi connectivity index (χ2n) is 19.2. The molecule has 6 aromatic rings. The maximum absolute atomic E-state index is 8.98. The molecule has 0 saturated heterocycles. The fraction of sp³-hybridized carbons (Fsp3) is 0.280. The van der Waals surface area contributed by atoms with Gasteiger partial charge in [-0.3, -0.25) is 0 Å². The number of fused-ring (bicyclic) bond motifs is 2. The molecule has 2 aliphatic rings. The Bertz CT molecular complexity index is 2580. The first kappa shape index (κ1) is 41.8. The molecule has 2 atom stereocenters. The van der Waals surface area contributed by atoms with Crippen LogP contribution in [0.3, 0.4) is 0 Å². The molecule has 2 aliphatic carbocycles. The van der Waals surface area contributed by atoms with Gasteiger partial charge < -0.3 is 0 Å². The molecule has 0 aliphatic heterocycles. The molecule has 2 aromatic heterocycles. The Hall–Kier alpha value is -2.97. The third-order valence-electron chi connectivity index (χ3n) is 13.0. The van der Waals surface area contributed by atoms with Gasteiger partial charge in [-0.25, -0.2) is 0 Å². The normalized spacial score (nSPS) is 16.9. The molecule has 0 bridgehead atoms. The van der Waals surface area contributed by atoms with Crippen molar-refractivity contribution in [2.45, 2.75) is 87.3 Å². The molecule has 0 fully saturated rings. The second kappa shape index (κ2) is 14.6. The molecule has 0 N–H and O–H groups in total. The van der Waals surface area contributed by atoms with Crippen LogP contribution in [0, 0.1) is 27.7 Å². The summed E-state index contributed by atoms with van der Waals surface area (Å²) in [4.78, 5) is 0. The van der Waals surface area contributed by atoms with Gasteiger partial charge in [-0.15, -0.1) is 0 Å². The first-order valence-corrected chi connectivity index (χ1v) is 43.0. The van der Waals surface area contributed by atoms with Crippen molar-refractivity contribution in [3.05, 3.63) is 153 Å². The predicted octanol–water partition coefficient (Wildman–Crippen LogP) is 14.7. The number of allylic oxidation sites excluding steroid dienone is 2. The Morgan fingerprint density at radius 1 is 0.500 bits per heavy atom. The Morgan fingerprint density at radius 3 is 1.16 bits per heavy atom. The van der Waals surface area contributed by atoms with Crippen LogP contribution < -0.4 is 10.4 Å². The Balaban J connectivity index is 1.42. The van der Waals surface area contributed by atoms with Crippen LogP contribution in [-0.2, 0) is 15.0 Å². The number of hydrogen-bond acceptors (Lipinski definition) is 2. The van der Waals surface area contributed by atoms with Crippen LogP contribution in [0.4, 0.5) is 0 Å². The van der Waals surface area contributed by atoms with Gasteiger partial charge in [0.1, 0.15) is 0 Å². The zero-order valence-corrected chi connectivity index (χ0v) is 43.1. The van der Waals surface area contributed by atoms with Gasteiger partial charge in [-0.1, -0.05) is 0 Å². The Labute approximate surface area is 356 Å². The zero-order chi connectivity index (χ0) is 41.7. The minimum atomic E-state index is -5.38. The average molecular weight is 935 g/mol. The molecule has 0 spiro atoms. The van der Waals surface area contributed by atoms with Crippen molar-refractivity contribution in [1.82, 2.24) is 0 Å². The molecule has 58 heavy (non-hydrogen) atoms. The van der Waals surface area contributed by atoms with E-state index in [1.807, 2.05) is 13.8 Å². The Kier molecular flexibility index (Phi) is 10.5. The van der Waals surface area contributed by atoms with Crippen molar-refractivity contribution in [2.24, 2.45) is 0 Å². The maximum atomic E-state index is 8.98. The van der Waals surface area contributed by atoms with Crippen LogP contribution in [-0.4, -0.2) is 21.6 Å². The van der Waals surface area contributed by atoms with Gasteiger partial charge in [0.2, 0.25) is 0 Å². The van der Waals surface area contributed by atoms with E-state index in [2.05, 4.69) is 175 Å². The standard InChI is InChI=1S/2C24H25OSi.C2H6Si.2ClH.Zr/c2*1-16-6-8-19-14-20(23-13-7-17(2)25-23)15-22(19)24(16)18-9-11-21(12-10-18)26(3,4)5;1-3-2;;;/h2*6-15H,1-5H3;1-2H3;2*1H;/q;;;;;+2/p-2. The van der Waals surface area contributed by atoms with Crippen LogP contribution in [0.15, 0.2) is 106 Å². The third kappa shape index (κ3) is 6.83. The molecule has 2 unspecified atom stereocenters. The third-order valence-corrected chi connectivity index (χ3v) is 63.3. The van der Waals surface area contributed by atoms with Gasteiger partial charge in [0.15, 0.2) is 0 Å². The number of furan rings is 2. The summed E-state index contributed by atoms with van der Waals surface area (Å²) in [5, 5.41) is 2.91. The van der Waals surface area contributed by atoms with E-state index in [4.69, 9.17) is 25.9 Å². The predicted molar refractivity (Wildman–Crippen MR) is 256 cm³/mol. The summed E-state index contributed by atoms with van der Waals surface area (Å²) in [6, 6.07) is 36.3. The molecule has 2 heterocycles. The second-order valence-corrected chi connectivity index (χ2v) is 68.1. The van der Waals surface area contributed by atoms with Crippen molar-refractivity contribution < 1.29 is 23.8 Å². The summed E-state index contributed by atoms with van der Waals surface area (Å²) in [7, 11) is 15.0. The van der Waals surface area contributed by atoms with Crippen molar-refractivity contribution in [1.29, 1.82) is 0 Å². The van der Waals surface area contributed by atoms with Gasteiger partial charge in [0.05, 0.1) is 0 Å². The number of rotatable bonds is 8. The molecule has 4 aromatic carbocycles. The molecule has 0 saturated carbocycles. The number of benzene rings is 4. The summed E-state index contributed by atoms with van der Waals surface area (Å²) in [5.41, 5.74) is 13.1. The van der Waals surface area contributed by atoms with Crippen LogP contribution in [0.1, 0.15) is 63.7 Å². The summed E-state index contributed by atoms with van der Waals surface area (Å²) < 4.78 is 12.7. The molecular weight excluding hydrogens is 879 g/mol. The summed E-state index contributed by atoms with van der Waals surface area (Å²) in [5.74, 6) is 3.45. The van der Waals surface area contributed by atoms with E-state index >= 15 is 0 Å². The van der Waals surface area contributed by atoms with Gasteiger partial charge in [-0.2, -0.15) is 0 Å². The Morgan fingerprint density at radius 2 is 0.862 bits per heavy atom. The quantitative estimate of drug-likeness (QED) is 0.142. The number of aryl methyl sites for hydroxylation is 4. The fourth-order valence-corrected chi connectivity index (χ4v) is 39.7. The molecule has 8 heteroatoms. The van der Waals surface area contributed by atoms with E-state index in [1.165, 1.54) is 66.0 Å². The van der Waals surface area contributed by atoms with Gasteiger partial charge >= 0.3 is 359 Å². The van der Waals surface area contributed by atoms with E-state index in [9.17, 15) is 0 Å². The molecule has 0 radical (unpaired) electrons. The SMILES string of the molecule is Cc1ccc(C2=Cc3c(ccc(C)c3-c3ccc([Si](C)(C)C)cc3)[CH]2[Zr]([Cl])([Cl])([CH]2C(c3ccc(C)o3)=Cc3c2ccc(C)c3-c2ccc([Si](C)(C)C)cc2)=[Si](C)C)o1. The van der Waals surface area contributed by atoms with Crippen molar-refractivity contribution in [2.75, 3.05) is 0 Å². The average Bonchev–Trinajstić information content (AvgIpc) is 3.96. The van der Waals surface area contributed by atoms with Crippen molar-refractivity contribution in [3.63, 3.8) is 0 Å². The van der Waals surface area contributed by atoms with E-state index in [1.54, 1.807) is 0 Å². The van der Waals surface area contributed by atoms with Crippen molar-refractivity contribution >= 4 is 72.3 Å². The molecule has 298 valence electrons. The van der Waals surface area contributed by atoms with Gasteiger partial charge in [0.25, 0.3) is 0 Å². The minimum absolute atomic E-state index is 0.217.